The number of carbonyl (C=O) groups excluding carboxylic acids is 1. The Balaban J connectivity index is 1.59. The molecule has 3 aromatic rings. The molecule has 1 aromatic heterocycles. The topological polar surface area (TPSA) is 49.6 Å². The molecule has 27 heavy (non-hydrogen) atoms. The summed E-state index contributed by atoms with van der Waals surface area (Å²) < 4.78 is 5.38. The SMILES string of the molecule is Cc1ccccc1CN(C)C(=O)c1cc(CN(C)Cc2ccccc2)on1. The molecule has 5 heteroatoms. The van der Waals surface area contributed by atoms with Crippen LogP contribution in [0, 0.1) is 6.92 Å². The normalized spacial score (nSPS) is 11.0. The van der Waals surface area contributed by atoms with Gasteiger partial charge in [-0.05, 0) is 30.7 Å². The summed E-state index contributed by atoms with van der Waals surface area (Å²) in [5, 5.41) is 3.97. The molecular formula is C22H25N3O2. The number of amides is 1. The van der Waals surface area contributed by atoms with Crippen LogP contribution in [0.15, 0.2) is 65.2 Å². The van der Waals surface area contributed by atoms with Gasteiger partial charge in [-0.1, -0.05) is 59.8 Å². The van der Waals surface area contributed by atoms with Crippen molar-refractivity contribution in [1.82, 2.24) is 15.0 Å². The summed E-state index contributed by atoms with van der Waals surface area (Å²) in [6.07, 6.45) is 0. The van der Waals surface area contributed by atoms with Gasteiger partial charge in [-0.15, -0.1) is 0 Å². The Labute approximate surface area is 160 Å². The van der Waals surface area contributed by atoms with E-state index in [0.29, 0.717) is 24.5 Å². The Bertz CT molecular complexity index is 889. The molecule has 0 saturated carbocycles. The number of benzene rings is 2. The van der Waals surface area contributed by atoms with Crippen molar-refractivity contribution in [3.63, 3.8) is 0 Å². The van der Waals surface area contributed by atoms with Gasteiger partial charge in [-0.2, -0.15) is 0 Å². The van der Waals surface area contributed by atoms with E-state index in [2.05, 4.69) is 22.2 Å². The van der Waals surface area contributed by atoms with Crippen LogP contribution in [0.25, 0.3) is 0 Å². The first-order valence-electron chi connectivity index (χ1n) is 9.01. The monoisotopic (exact) mass is 363 g/mol. The molecule has 0 aliphatic rings. The van der Waals surface area contributed by atoms with Crippen LogP contribution in [0.1, 0.15) is 32.9 Å². The third kappa shape index (κ3) is 5.05. The van der Waals surface area contributed by atoms with Crippen molar-refractivity contribution in [3.8, 4) is 0 Å². The molecule has 0 radical (unpaired) electrons. The second-order valence-electron chi connectivity index (χ2n) is 6.92. The Morgan fingerprint density at radius 1 is 0.963 bits per heavy atom. The molecule has 0 saturated heterocycles. The molecule has 0 atom stereocenters. The lowest BCUT2D eigenvalue weighted by Crippen LogP contribution is -2.26. The largest absolute Gasteiger partial charge is 0.359 e. The van der Waals surface area contributed by atoms with Crippen LogP contribution < -0.4 is 0 Å². The average Bonchev–Trinajstić information content (AvgIpc) is 3.12. The van der Waals surface area contributed by atoms with Crippen LogP contribution in [-0.2, 0) is 19.6 Å². The minimum atomic E-state index is -0.140. The maximum atomic E-state index is 12.6. The highest BCUT2D eigenvalue weighted by Crippen LogP contribution is 2.14. The van der Waals surface area contributed by atoms with Crippen molar-refractivity contribution in [1.29, 1.82) is 0 Å². The lowest BCUT2D eigenvalue weighted by atomic mass is 10.1. The van der Waals surface area contributed by atoms with E-state index < -0.39 is 0 Å². The van der Waals surface area contributed by atoms with Gasteiger partial charge >= 0.3 is 0 Å². The van der Waals surface area contributed by atoms with Crippen LogP contribution in [0.2, 0.25) is 0 Å². The standard InChI is InChI=1S/C22H25N3O2/c1-17-9-7-8-12-19(17)15-25(3)22(26)21-13-20(27-23-21)16-24(2)14-18-10-5-4-6-11-18/h4-13H,14-16H2,1-3H3. The molecule has 0 aliphatic heterocycles. The van der Waals surface area contributed by atoms with E-state index in [4.69, 9.17) is 4.52 Å². The number of hydrogen-bond acceptors (Lipinski definition) is 4. The molecule has 0 spiro atoms. The van der Waals surface area contributed by atoms with Crippen molar-refractivity contribution < 1.29 is 9.32 Å². The predicted molar refractivity (Wildman–Crippen MR) is 105 cm³/mol. The molecule has 0 aliphatic carbocycles. The zero-order chi connectivity index (χ0) is 19.2. The van der Waals surface area contributed by atoms with Gasteiger partial charge in [0, 0.05) is 26.2 Å². The van der Waals surface area contributed by atoms with Crippen molar-refractivity contribution in [2.75, 3.05) is 14.1 Å². The van der Waals surface area contributed by atoms with Crippen LogP contribution in [-0.4, -0.2) is 35.0 Å². The molecule has 140 valence electrons. The Morgan fingerprint density at radius 3 is 2.41 bits per heavy atom. The van der Waals surface area contributed by atoms with Crippen LogP contribution >= 0.6 is 0 Å². The van der Waals surface area contributed by atoms with Gasteiger partial charge in [0.2, 0.25) is 0 Å². The third-order valence-electron chi connectivity index (χ3n) is 4.51. The van der Waals surface area contributed by atoms with E-state index in [1.807, 2.05) is 56.4 Å². The molecule has 0 unspecified atom stereocenters. The zero-order valence-electron chi connectivity index (χ0n) is 16.1. The average molecular weight is 363 g/mol. The molecule has 0 fully saturated rings. The van der Waals surface area contributed by atoms with Crippen LogP contribution in [0.5, 0.6) is 0 Å². The highest BCUT2D eigenvalue weighted by molar-refractivity contribution is 5.92. The van der Waals surface area contributed by atoms with Gasteiger partial charge in [-0.3, -0.25) is 9.69 Å². The first-order valence-corrected chi connectivity index (χ1v) is 9.01. The zero-order valence-corrected chi connectivity index (χ0v) is 16.1. The lowest BCUT2D eigenvalue weighted by molar-refractivity contribution is 0.0774. The minimum absolute atomic E-state index is 0.140. The number of rotatable bonds is 7. The van der Waals surface area contributed by atoms with Gasteiger partial charge in [0.05, 0.1) is 6.54 Å². The van der Waals surface area contributed by atoms with Gasteiger partial charge in [-0.25, -0.2) is 0 Å². The predicted octanol–water partition coefficient (Wildman–Crippen LogP) is 3.89. The van der Waals surface area contributed by atoms with Crippen molar-refractivity contribution in [3.05, 3.63) is 88.8 Å². The van der Waals surface area contributed by atoms with Gasteiger partial charge in [0.25, 0.3) is 5.91 Å². The summed E-state index contributed by atoms with van der Waals surface area (Å²) in [5.41, 5.74) is 3.86. The lowest BCUT2D eigenvalue weighted by Gasteiger charge is -2.17. The van der Waals surface area contributed by atoms with E-state index in [9.17, 15) is 4.79 Å². The summed E-state index contributed by atoms with van der Waals surface area (Å²) in [7, 11) is 3.80. The maximum absolute atomic E-state index is 12.6. The number of carbonyl (C=O) groups is 1. The van der Waals surface area contributed by atoms with E-state index in [-0.39, 0.29) is 5.91 Å². The molecule has 1 amide bonds. The smallest absolute Gasteiger partial charge is 0.276 e. The van der Waals surface area contributed by atoms with Gasteiger partial charge in [0.15, 0.2) is 11.5 Å². The molecule has 0 N–H and O–H groups in total. The Morgan fingerprint density at radius 2 is 1.67 bits per heavy atom. The molecule has 5 nitrogen and oxygen atoms in total. The number of aromatic nitrogens is 1. The van der Waals surface area contributed by atoms with Crippen molar-refractivity contribution >= 4 is 5.91 Å². The molecule has 1 heterocycles. The highest BCUT2D eigenvalue weighted by atomic mass is 16.5. The Hall–Kier alpha value is -2.92. The number of hydrogen-bond donors (Lipinski definition) is 0. The van der Waals surface area contributed by atoms with Gasteiger partial charge in [0.1, 0.15) is 0 Å². The molecule has 2 aromatic carbocycles. The van der Waals surface area contributed by atoms with Crippen LogP contribution in [0.4, 0.5) is 0 Å². The quantitative estimate of drug-likeness (QED) is 0.639. The van der Waals surface area contributed by atoms with E-state index in [1.54, 1.807) is 18.0 Å². The minimum Gasteiger partial charge on any atom is -0.359 e. The van der Waals surface area contributed by atoms with Crippen molar-refractivity contribution in [2.24, 2.45) is 0 Å². The summed E-state index contributed by atoms with van der Waals surface area (Å²) in [6, 6.07) is 20.0. The van der Waals surface area contributed by atoms with Gasteiger partial charge < -0.3 is 9.42 Å². The summed E-state index contributed by atoms with van der Waals surface area (Å²) in [5.74, 6) is 0.542. The summed E-state index contributed by atoms with van der Waals surface area (Å²) >= 11 is 0. The van der Waals surface area contributed by atoms with E-state index in [0.717, 1.165) is 12.1 Å². The van der Waals surface area contributed by atoms with E-state index in [1.165, 1.54) is 11.1 Å². The summed E-state index contributed by atoms with van der Waals surface area (Å²) in [6.45, 7) is 3.99. The first-order chi connectivity index (χ1) is 13.0. The first kappa shape index (κ1) is 18.9. The molecule has 3 rings (SSSR count). The second kappa shape index (κ2) is 8.64. The fourth-order valence-corrected chi connectivity index (χ4v) is 3.02. The molecular weight excluding hydrogens is 338 g/mol. The Kier molecular flexibility index (Phi) is 6.04. The third-order valence-corrected chi connectivity index (χ3v) is 4.51. The second-order valence-corrected chi connectivity index (χ2v) is 6.92. The van der Waals surface area contributed by atoms with Crippen LogP contribution in [0.3, 0.4) is 0 Å². The number of aryl methyl sites for hydroxylation is 1. The number of nitrogens with zero attached hydrogens (tertiary/aromatic N) is 3. The fourth-order valence-electron chi connectivity index (χ4n) is 3.02. The highest BCUT2D eigenvalue weighted by Gasteiger charge is 2.18. The van der Waals surface area contributed by atoms with E-state index >= 15 is 0 Å². The molecule has 0 bridgehead atoms. The summed E-state index contributed by atoms with van der Waals surface area (Å²) in [4.78, 5) is 16.4. The fraction of sp³-hybridized carbons (Fsp3) is 0.273. The van der Waals surface area contributed by atoms with Crippen molar-refractivity contribution in [2.45, 2.75) is 26.6 Å². The maximum Gasteiger partial charge on any atom is 0.276 e.